The summed E-state index contributed by atoms with van der Waals surface area (Å²) in [5, 5.41) is 18.0. The third kappa shape index (κ3) is 0.930. The zero-order valence-corrected chi connectivity index (χ0v) is 5.24. The lowest BCUT2D eigenvalue weighted by atomic mass is 10.1. The Balaban J connectivity index is 2.65. The van der Waals surface area contributed by atoms with Gasteiger partial charge in [0, 0.05) is 0 Å². The van der Waals surface area contributed by atoms with Crippen LogP contribution in [0.3, 0.4) is 0 Å². The molecule has 1 fully saturated rings. The van der Waals surface area contributed by atoms with Crippen LogP contribution in [0.2, 0.25) is 0 Å². The molecule has 3 heteroatoms. The van der Waals surface area contributed by atoms with Gasteiger partial charge < -0.3 is 14.9 Å². The first-order chi connectivity index (χ1) is 4.13. The highest BCUT2D eigenvalue weighted by Crippen LogP contribution is 2.21. The maximum Gasteiger partial charge on any atom is 0.140 e. The van der Waals surface area contributed by atoms with E-state index in [-0.39, 0.29) is 11.9 Å². The Hall–Kier alpha value is -0.540. The molecule has 52 valence electrons. The highest BCUT2D eigenvalue weighted by atomic mass is 16.5. The van der Waals surface area contributed by atoms with Crippen LogP contribution in [-0.4, -0.2) is 28.5 Å². The third-order valence-corrected chi connectivity index (χ3v) is 1.47. The quantitative estimate of drug-likeness (QED) is 0.471. The Morgan fingerprint density at radius 2 is 2.11 bits per heavy atom. The Morgan fingerprint density at radius 1 is 1.56 bits per heavy atom. The molecule has 1 rings (SSSR count). The molecule has 0 aromatic carbocycles. The normalized spacial score (nSPS) is 43.0. The molecule has 0 aliphatic carbocycles. The van der Waals surface area contributed by atoms with Gasteiger partial charge in [0.1, 0.15) is 24.1 Å². The fourth-order valence-corrected chi connectivity index (χ4v) is 0.825. The summed E-state index contributed by atoms with van der Waals surface area (Å²) in [7, 11) is 0. The largest absolute Gasteiger partial charge is 0.490 e. The van der Waals surface area contributed by atoms with Gasteiger partial charge in [-0.1, -0.05) is 6.58 Å². The van der Waals surface area contributed by atoms with Gasteiger partial charge in [-0.25, -0.2) is 0 Å². The molecular formula is C6H10O3. The number of ether oxygens (including phenoxy) is 1. The van der Waals surface area contributed by atoms with Crippen molar-refractivity contribution < 1.29 is 14.9 Å². The smallest absolute Gasteiger partial charge is 0.140 e. The Morgan fingerprint density at radius 3 is 2.22 bits per heavy atom. The van der Waals surface area contributed by atoms with Crippen molar-refractivity contribution in [2.24, 2.45) is 0 Å². The summed E-state index contributed by atoms with van der Waals surface area (Å²) in [6, 6.07) is 0. The molecule has 0 aromatic rings. The van der Waals surface area contributed by atoms with Gasteiger partial charge in [0.05, 0.1) is 0 Å². The first-order valence-electron chi connectivity index (χ1n) is 2.84. The molecule has 0 aromatic heterocycles. The zero-order valence-electron chi connectivity index (χ0n) is 5.24. The minimum absolute atomic E-state index is 0.259. The highest BCUT2D eigenvalue weighted by Gasteiger charge is 2.34. The van der Waals surface area contributed by atoms with E-state index in [1.54, 1.807) is 6.92 Å². The lowest BCUT2D eigenvalue weighted by molar-refractivity contribution is 0.0318. The van der Waals surface area contributed by atoms with Crippen molar-refractivity contribution in [3.63, 3.8) is 0 Å². The van der Waals surface area contributed by atoms with Gasteiger partial charge in [0.15, 0.2) is 0 Å². The SMILES string of the molecule is C=C1O[C@@H](C)C(O)[C@@H]1O. The van der Waals surface area contributed by atoms with Crippen LogP contribution in [0.1, 0.15) is 6.92 Å². The standard InChI is InChI=1S/C6H10O3/c1-3-5(7)6(8)4(2)9-3/h4-8H,1H2,2H3/t4-,5+,6?/m0/s1. The van der Waals surface area contributed by atoms with Crippen LogP contribution in [0.4, 0.5) is 0 Å². The number of rotatable bonds is 0. The average Bonchev–Trinajstić information content (AvgIpc) is 1.98. The molecule has 1 aliphatic heterocycles. The lowest BCUT2D eigenvalue weighted by Gasteiger charge is -2.05. The Labute approximate surface area is 53.6 Å². The summed E-state index contributed by atoms with van der Waals surface area (Å²) in [6.45, 7) is 5.09. The van der Waals surface area contributed by atoms with Crippen LogP contribution >= 0.6 is 0 Å². The molecule has 1 unspecified atom stereocenters. The van der Waals surface area contributed by atoms with E-state index in [1.807, 2.05) is 0 Å². The van der Waals surface area contributed by atoms with Gasteiger partial charge in [-0.2, -0.15) is 0 Å². The van der Waals surface area contributed by atoms with Crippen molar-refractivity contribution in [3.8, 4) is 0 Å². The zero-order chi connectivity index (χ0) is 7.02. The Kier molecular flexibility index (Phi) is 1.47. The van der Waals surface area contributed by atoms with E-state index in [4.69, 9.17) is 14.9 Å². The molecule has 3 nitrogen and oxygen atoms in total. The molecule has 3 atom stereocenters. The Bertz CT molecular complexity index is 132. The number of hydrogen-bond acceptors (Lipinski definition) is 3. The first kappa shape index (κ1) is 6.58. The van der Waals surface area contributed by atoms with E-state index in [1.165, 1.54) is 0 Å². The van der Waals surface area contributed by atoms with Crippen molar-refractivity contribution in [1.82, 2.24) is 0 Å². The molecule has 0 amide bonds. The monoisotopic (exact) mass is 130 g/mol. The lowest BCUT2D eigenvalue weighted by Crippen LogP contribution is -2.26. The van der Waals surface area contributed by atoms with Crippen molar-refractivity contribution in [2.45, 2.75) is 25.2 Å². The van der Waals surface area contributed by atoms with Crippen LogP contribution in [0, 0.1) is 0 Å². The molecule has 1 aliphatic rings. The van der Waals surface area contributed by atoms with E-state index in [9.17, 15) is 0 Å². The van der Waals surface area contributed by atoms with Crippen LogP contribution in [0.15, 0.2) is 12.3 Å². The minimum atomic E-state index is -0.903. The van der Waals surface area contributed by atoms with Gasteiger partial charge in [0.2, 0.25) is 0 Å². The van der Waals surface area contributed by atoms with Gasteiger partial charge >= 0.3 is 0 Å². The van der Waals surface area contributed by atoms with Crippen molar-refractivity contribution in [3.05, 3.63) is 12.3 Å². The number of aliphatic hydroxyl groups excluding tert-OH is 2. The fraction of sp³-hybridized carbons (Fsp3) is 0.667. The number of hydrogen-bond donors (Lipinski definition) is 2. The van der Waals surface area contributed by atoms with Crippen LogP contribution in [0.25, 0.3) is 0 Å². The van der Waals surface area contributed by atoms with Gasteiger partial charge in [-0.3, -0.25) is 0 Å². The molecule has 0 saturated carbocycles. The molecular weight excluding hydrogens is 120 g/mol. The maximum atomic E-state index is 9.00. The second-order valence-corrected chi connectivity index (χ2v) is 2.22. The summed E-state index contributed by atoms with van der Waals surface area (Å²) in [5.74, 6) is 0.259. The van der Waals surface area contributed by atoms with Crippen molar-refractivity contribution >= 4 is 0 Å². The van der Waals surface area contributed by atoms with Crippen LogP contribution < -0.4 is 0 Å². The van der Waals surface area contributed by atoms with Crippen LogP contribution in [0.5, 0.6) is 0 Å². The van der Waals surface area contributed by atoms with E-state index in [0.717, 1.165) is 0 Å². The molecule has 1 saturated heterocycles. The van der Waals surface area contributed by atoms with Gasteiger partial charge in [-0.05, 0) is 6.92 Å². The van der Waals surface area contributed by atoms with Crippen molar-refractivity contribution in [1.29, 1.82) is 0 Å². The van der Waals surface area contributed by atoms with E-state index >= 15 is 0 Å². The second kappa shape index (κ2) is 2.01. The molecule has 0 radical (unpaired) electrons. The molecule has 9 heavy (non-hydrogen) atoms. The summed E-state index contributed by atoms with van der Waals surface area (Å²) < 4.78 is 4.89. The topological polar surface area (TPSA) is 49.7 Å². The highest BCUT2D eigenvalue weighted by molar-refractivity contribution is 5.04. The summed E-state index contributed by atoms with van der Waals surface area (Å²) in [4.78, 5) is 0. The molecule has 1 heterocycles. The van der Waals surface area contributed by atoms with Gasteiger partial charge in [-0.15, -0.1) is 0 Å². The third-order valence-electron chi connectivity index (χ3n) is 1.47. The molecule has 0 spiro atoms. The molecule has 2 N–H and O–H groups in total. The van der Waals surface area contributed by atoms with E-state index in [2.05, 4.69) is 6.58 Å². The second-order valence-electron chi connectivity index (χ2n) is 2.22. The first-order valence-corrected chi connectivity index (χ1v) is 2.84. The minimum Gasteiger partial charge on any atom is -0.490 e. The predicted octanol–water partition coefficient (Wildman–Crippen LogP) is -0.359. The summed E-state index contributed by atoms with van der Waals surface area (Å²) in [6.07, 6.45) is -2.04. The average molecular weight is 130 g/mol. The van der Waals surface area contributed by atoms with E-state index in [0.29, 0.717) is 0 Å². The number of aliphatic hydroxyl groups is 2. The molecule has 0 bridgehead atoms. The maximum absolute atomic E-state index is 9.00. The van der Waals surface area contributed by atoms with E-state index < -0.39 is 12.2 Å². The van der Waals surface area contributed by atoms with Crippen LogP contribution in [-0.2, 0) is 4.74 Å². The predicted molar refractivity (Wildman–Crippen MR) is 31.7 cm³/mol. The summed E-state index contributed by atoms with van der Waals surface area (Å²) in [5.41, 5.74) is 0. The fourth-order valence-electron chi connectivity index (χ4n) is 0.825. The summed E-state index contributed by atoms with van der Waals surface area (Å²) >= 11 is 0. The van der Waals surface area contributed by atoms with Crippen molar-refractivity contribution in [2.75, 3.05) is 0 Å². The van der Waals surface area contributed by atoms with Gasteiger partial charge in [0.25, 0.3) is 0 Å².